The van der Waals surface area contributed by atoms with Crippen molar-refractivity contribution in [2.75, 3.05) is 31.1 Å². The summed E-state index contributed by atoms with van der Waals surface area (Å²) in [4.78, 5) is 16.0. The first-order valence-corrected chi connectivity index (χ1v) is 8.48. The van der Waals surface area contributed by atoms with Crippen LogP contribution in [0.25, 0.3) is 0 Å². The van der Waals surface area contributed by atoms with Crippen molar-refractivity contribution in [2.45, 2.75) is 0 Å². The van der Waals surface area contributed by atoms with Crippen LogP contribution in [0.5, 0.6) is 0 Å². The molecule has 0 aliphatic carbocycles. The van der Waals surface area contributed by atoms with Gasteiger partial charge in [0.1, 0.15) is 23.3 Å². The molecule has 0 unspecified atom stereocenters. The number of anilines is 1. The van der Waals surface area contributed by atoms with Gasteiger partial charge in [-0.15, -0.1) is 0 Å². The molecule has 0 radical (unpaired) electrons. The van der Waals surface area contributed by atoms with Crippen molar-refractivity contribution >= 4 is 27.5 Å². The molecule has 1 aliphatic heterocycles. The van der Waals surface area contributed by atoms with Crippen LogP contribution in [0.3, 0.4) is 0 Å². The van der Waals surface area contributed by atoms with Gasteiger partial charge in [-0.3, -0.25) is 4.79 Å². The summed E-state index contributed by atoms with van der Waals surface area (Å²) in [7, 11) is 0. The zero-order valence-electron chi connectivity index (χ0n) is 13.2. The molecule has 1 amide bonds. The van der Waals surface area contributed by atoms with Crippen molar-refractivity contribution in [1.82, 2.24) is 4.90 Å². The molecule has 0 N–H and O–H groups in total. The number of benzene rings is 2. The normalized spacial score (nSPS) is 14.3. The van der Waals surface area contributed by atoms with E-state index in [1.807, 2.05) is 11.0 Å². The Bertz CT molecular complexity index is 858. The number of piperazine rings is 1. The molecule has 1 heterocycles. The van der Waals surface area contributed by atoms with Crippen LogP contribution in [0.1, 0.15) is 15.9 Å². The summed E-state index contributed by atoms with van der Waals surface area (Å²) in [5.41, 5.74) is 0.537. The Kier molecular flexibility index (Phi) is 5.00. The smallest absolute Gasteiger partial charge is 0.256 e. The minimum absolute atomic E-state index is 0.000288. The highest BCUT2D eigenvalue weighted by atomic mass is 79.9. The fourth-order valence-corrected chi connectivity index (χ4v) is 3.23. The molecule has 1 saturated heterocycles. The van der Waals surface area contributed by atoms with E-state index in [1.54, 1.807) is 17.0 Å². The van der Waals surface area contributed by atoms with Crippen LogP contribution in [0, 0.1) is 23.0 Å². The third-order valence-electron chi connectivity index (χ3n) is 4.17. The Morgan fingerprint density at radius 2 is 1.80 bits per heavy atom. The van der Waals surface area contributed by atoms with Gasteiger partial charge in [-0.2, -0.15) is 5.26 Å². The van der Waals surface area contributed by atoms with Crippen LogP contribution in [0.4, 0.5) is 14.5 Å². The maximum Gasteiger partial charge on any atom is 0.256 e. The molecule has 128 valence electrons. The van der Waals surface area contributed by atoms with E-state index in [0.717, 1.165) is 0 Å². The Hall–Kier alpha value is -2.46. The number of amides is 1. The SMILES string of the molecule is N#Cc1c(F)cccc1N1CCN(C(=O)c2cc(Br)ccc2F)CC1. The van der Waals surface area contributed by atoms with E-state index in [-0.39, 0.29) is 17.0 Å². The van der Waals surface area contributed by atoms with Crippen molar-refractivity contribution in [1.29, 1.82) is 5.26 Å². The van der Waals surface area contributed by atoms with Crippen LogP contribution in [-0.2, 0) is 0 Å². The zero-order valence-corrected chi connectivity index (χ0v) is 14.8. The van der Waals surface area contributed by atoms with Crippen LogP contribution in [0.15, 0.2) is 40.9 Å². The number of hydrogen-bond acceptors (Lipinski definition) is 3. The van der Waals surface area contributed by atoms with E-state index < -0.39 is 11.6 Å². The van der Waals surface area contributed by atoms with Crippen molar-refractivity contribution in [3.05, 3.63) is 63.6 Å². The molecule has 0 spiro atoms. The average Bonchev–Trinajstić information content (AvgIpc) is 2.63. The number of carbonyl (C=O) groups excluding carboxylic acids is 1. The lowest BCUT2D eigenvalue weighted by Crippen LogP contribution is -2.49. The minimum Gasteiger partial charge on any atom is -0.367 e. The van der Waals surface area contributed by atoms with Gasteiger partial charge in [0.2, 0.25) is 0 Å². The van der Waals surface area contributed by atoms with Crippen LogP contribution >= 0.6 is 15.9 Å². The summed E-state index contributed by atoms with van der Waals surface area (Å²) in [5, 5.41) is 9.15. The van der Waals surface area contributed by atoms with Gasteiger partial charge in [0.15, 0.2) is 0 Å². The Balaban J connectivity index is 1.74. The second-order valence-electron chi connectivity index (χ2n) is 5.65. The second-order valence-corrected chi connectivity index (χ2v) is 6.56. The molecule has 0 bridgehead atoms. The molecule has 0 aromatic heterocycles. The molecule has 7 heteroatoms. The van der Waals surface area contributed by atoms with E-state index in [2.05, 4.69) is 15.9 Å². The fraction of sp³-hybridized carbons (Fsp3) is 0.222. The lowest BCUT2D eigenvalue weighted by Gasteiger charge is -2.36. The maximum atomic E-state index is 13.9. The monoisotopic (exact) mass is 405 g/mol. The first-order chi connectivity index (χ1) is 12.0. The first-order valence-electron chi connectivity index (χ1n) is 7.69. The number of nitrogens with zero attached hydrogens (tertiary/aromatic N) is 3. The van der Waals surface area contributed by atoms with Crippen LogP contribution < -0.4 is 4.90 Å². The number of nitriles is 1. The Morgan fingerprint density at radius 1 is 1.08 bits per heavy atom. The Morgan fingerprint density at radius 3 is 2.48 bits per heavy atom. The van der Waals surface area contributed by atoms with Gasteiger partial charge in [0.25, 0.3) is 5.91 Å². The van der Waals surface area contributed by atoms with Crippen molar-refractivity contribution in [3.8, 4) is 6.07 Å². The molecular weight excluding hydrogens is 392 g/mol. The molecule has 1 fully saturated rings. The summed E-state index contributed by atoms with van der Waals surface area (Å²) in [6.07, 6.45) is 0. The highest BCUT2D eigenvalue weighted by Gasteiger charge is 2.25. The predicted octanol–water partition coefficient (Wildman–Crippen LogP) is 3.56. The van der Waals surface area contributed by atoms with E-state index in [9.17, 15) is 13.6 Å². The lowest BCUT2D eigenvalue weighted by molar-refractivity contribution is 0.0742. The average molecular weight is 406 g/mol. The summed E-state index contributed by atoms with van der Waals surface area (Å²) < 4.78 is 28.3. The summed E-state index contributed by atoms with van der Waals surface area (Å²) >= 11 is 3.24. The lowest BCUT2D eigenvalue weighted by atomic mass is 10.1. The molecule has 25 heavy (non-hydrogen) atoms. The number of hydrogen-bond donors (Lipinski definition) is 0. The minimum atomic E-state index is -0.562. The summed E-state index contributed by atoms with van der Waals surface area (Å²) in [5.74, 6) is -1.50. The van der Waals surface area contributed by atoms with Gasteiger partial charge < -0.3 is 9.80 Å². The van der Waals surface area contributed by atoms with E-state index in [0.29, 0.717) is 36.3 Å². The van der Waals surface area contributed by atoms with Gasteiger partial charge >= 0.3 is 0 Å². The van der Waals surface area contributed by atoms with Crippen molar-refractivity contribution < 1.29 is 13.6 Å². The quantitative estimate of drug-likeness (QED) is 0.767. The van der Waals surface area contributed by atoms with E-state index >= 15 is 0 Å². The van der Waals surface area contributed by atoms with E-state index in [1.165, 1.54) is 24.3 Å². The van der Waals surface area contributed by atoms with Gasteiger partial charge in [0.05, 0.1) is 11.3 Å². The van der Waals surface area contributed by atoms with Crippen LogP contribution in [-0.4, -0.2) is 37.0 Å². The molecule has 2 aromatic rings. The first kappa shape index (κ1) is 17.4. The number of rotatable bonds is 2. The highest BCUT2D eigenvalue weighted by Crippen LogP contribution is 2.24. The molecule has 3 rings (SSSR count). The standard InChI is InChI=1S/C18H14BrF2N3O/c19-12-4-5-16(21)13(10-12)18(25)24-8-6-23(7-9-24)17-3-1-2-15(20)14(17)11-22/h1-5,10H,6-9H2. The molecule has 0 saturated carbocycles. The second kappa shape index (κ2) is 7.19. The zero-order chi connectivity index (χ0) is 18.0. The maximum absolute atomic E-state index is 13.9. The third kappa shape index (κ3) is 3.49. The van der Waals surface area contributed by atoms with Gasteiger partial charge in [-0.1, -0.05) is 22.0 Å². The number of carbonyl (C=O) groups is 1. The number of halogens is 3. The van der Waals surface area contributed by atoms with Gasteiger partial charge in [-0.25, -0.2) is 8.78 Å². The van der Waals surface area contributed by atoms with Crippen molar-refractivity contribution in [2.24, 2.45) is 0 Å². The van der Waals surface area contributed by atoms with Gasteiger partial charge in [0, 0.05) is 30.7 Å². The molecule has 1 aliphatic rings. The molecule has 4 nitrogen and oxygen atoms in total. The predicted molar refractivity (Wildman–Crippen MR) is 93.3 cm³/mol. The van der Waals surface area contributed by atoms with Crippen molar-refractivity contribution in [3.63, 3.8) is 0 Å². The third-order valence-corrected chi connectivity index (χ3v) is 4.66. The summed E-state index contributed by atoms with van der Waals surface area (Å²) in [6.45, 7) is 1.62. The van der Waals surface area contributed by atoms with Gasteiger partial charge in [-0.05, 0) is 30.3 Å². The highest BCUT2D eigenvalue weighted by molar-refractivity contribution is 9.10. The molecule has 2 aromatic carbocycles. The van der Waals surface area contributed by atoms with E-state index in [4.69, 9.17) is 5.26 Å². The topological polar surface area (TPSA) is 47.3 Å². The summed E-state index contributed by atoms with van der Waals surface area (Å²) in [6, 6.07) is 10.6. The molecular formula is C18H14BrF2N3O. The molecule has 0 atom stereocenters. The Labute approximate surface area is 152 Å². The largest absolute Gasteiger partial charge is 0.367 e. The fourth-order valence-electron chi connectivity index (χ4n) is 2.87. The van der Waals surface area contributed by atoms with Crippen LogP contribution in [0.2, 0.25) is 0 Å².